The third-order valence-electron chi connectivity index (χ3n) is 5.37. The van der Waals surface area contributed by atoms with Gasteiger partial charge in [0.15, 0.2) is 0 Å². The molecule has 0 spiro atoms. The molecule has 1 saturated carbocycles. The van der Waals surface area contributed by atoms with Crippen LogP contribution in [0.2, 0.25) is 0 Å². The highest BCUT2D eigenvalue weighted by atomic mass is 19.4. The lowest BCUT2D eigenvalue weighted by Crippen LogP contribution is -2.31. The molecule has 0 aromatic heterocycles. The predicted molar refractivity (Wildman–Crippen MR) is 55.5 cm³/mol. The van der Waals surface area contributed by atoms with Gasteiger partial charge < -0.3 is 0 Å². The molecule has 0 radical (unpaired) electrons. The molecule has 0 aromatic carbocycles. The topological polar surface area (TPSA) is 0 Å². The van der Waals surface area contributed by atoms with E-state index in [2.05, 4.69) is 0 Å². The van der Waals surface area contributed by atoms with Crippen LogP contribution < -0.4 is 0 Å². The molecular weight excluding hydrogens is 201 g/mol. The molecule has 0 aromatic rings. The first-order valence-electron chi connectivity index (χ1n) is 5.75. The zero-order valence-corrected chi connectivity index (χ0v) is 10.2. The Hall–Kier alpha value is -0.210. The van der Waals surface area contributed by atoms with Gasteiger partial charge in [-0.05, 0) is 29.6 Å². The van der Waals surface area contributed by atoms with E-state index >= 15 is 0 Å². The van der Waals surface area contributed by atoms with Gasteiger partial charge in [0.05, 0.1) is 5.92 Å². The van der Waals surface area contributed by atoms with Crippen LogP contribution in [0.5, 0.6) is 0 Å². The maximum absolute atomic E-state index is 12.8. The van der Waals surface area contributed by atoms with Crippen molar-refractivity contribution in [2.45, 2.75) is 53.6 Å². The van der Waals surface area contributed by atoms with Crippen molar-refractivity contribution < 1.29 is 13.2 Å². The van der Waals surface area contributed by atoms with Gasteiger partial charge in [-0.15, -0.1) is 0 Å². The van der Waals surface area contributed by atoms with E-state index in [1.807, 2.05) is 27.7 Å². The second-order valence-corrected chi connectivity index (χ2v) is 5.13. The Morgan fingerprint density at radius 2 is 1.60 bits per heavy atom. The Bertz CT molecular complexity index is 240. The Labute approximate surface area is 90.2 Å². The first kappa shape index (κ1) is 12.9. The standard InChI is InChI=1S/C12H21F3/c1-6-11(7-2)8(3)10(11,5)9(4)12(13,14)15/h8-9H,6-7H2,1-5H3. The highest BCUT2D eigenvalue weighted by Gasteiger charge is 2.74. The van der Waals surface area contributed by atoms with Gasteiger partial charge in [0.25, 0.3) is 0 Å². The van der Waals surface area contributed by atoms with E-state index in [4.69, 9.17) is 0 Å². The molecule has 0 nitrogen and oxygen atoms in total. The summed E-state index contributed by atoms with van der Waals surface area (Å²) in [6, 6.07) is 0. The number of hydrogen-bond acceptors (Lipinski definition) is 0. The summed E-state index contributed by atoms with van der Waals surface area (Å²) in [5.74, 6) is -1.02. The molecule has 0 N–H and O–H groups in total. The first-order valence-corrected chi connectivity index (χ1v) is 5.75. The molecule has 1 rings (SSSR count). The molecule has 3 heteroatoms. The zero-order valence-electron chi connectivity index (χ0n) is 10.2. The van der Waals surface area contributed by atoms with E-state index in [1.54, 1.807) is 0 Å². The molecule has 0 heterocycles. The van der Waals surface area contributed by atoms with E-state index in [0.717, 1.165) is 12.8 Å². The second kappa shape index (κ2) is 3.39. The molecule has 0 amide bonds. The van der Waals surface area contributed by atoms with Crippen LogP contribution in [-0.4, -0.2) is 6.18 Å². The summed E-state index contributed by atoms with van der Waals surface area (Å²) in [5, 5.41) is 0. The Morgan fingerprint density at radius 3 is 1.80 bits per heavy atom. The van der Waals surface area contributed by atoms with Crippen molar-refractivity contribution in [2.75, 3.05) is 0 Å². The van der Waals surface area contributed by atoms with E-state index in [-0.39, 0.29) is 11.3 Å². The van der Waals surface area contributed by atoms with Crippen LogP contribution in [0.4, 0.5) is 13.2 Å². The highest BCUT2D eigenvalue weighted by molar-refractivity contribution is 5.18. The fourth-order valence-corrected chi connectivity index (χ4v) is 3.82. The molecule has 1 fully saturated rings. The number of halogens is 3. The predicted octanol–water partition coefficient (Wildman–Crippen LogP) is 4.65. The van der Waals surface area contributed by atoms with Crippen molar-refractivity contribution in [2.24, 2.45) is 22.7 Å². The molecule has 1 aliphatic rings. The molecule has 3 atom stereocenters. The summed E-state index contributed by atoms with van der Waals surface area (Å²) in [7, 11) is 0. The van der Waals surface area contributed by atoms with Crippen LogP contribution in [-0.2, 0) is 0 Å². The molecular formula is C12H21F3. The molecule has 3 unspecified atom stereocenters. The summed E-state index contributed by atoms with van der Waals surface area (Å²) >= 11 is 0. The van der Waals surface area contributed by atoms with Crippen LogP contribution in [0.15, 0.2) is 0 Å². The average Bonchev–Trinajstić information content (AvgIpc) is 2.63. The molecule has 1 aliphatic carbocycles. The smallest absolute Gasteiger partial charge is 0.171 e. The lowest BCUT2D eigenvalue weighted by molar-refractivity contribution is -0.191. The van der Waals surface area contributed by atoms with Gasteiger partial charge >= 0.3 is 6.18 Å². The van der Waals surface area contributed by atoms with Gasteiger partial charge in [0, 0.05) is 0 Å². The fourth-order valence-electron chi connectivity index (χ4n) is 3.82. The summed E-state index contributed by atoms with van der Waals surface area (Å²) < 4.78 is 38.3. The number of rotatable bonds is 3. The molecule has 15 heavy (non-hydrogen) atoms. The largest absolute Gasteiger partial charge is 0.392 e. The summed E-state index contributed by atoms with van der Waals surface area (Å²) in [6.45, 7) is 9.13. The van der Waals surface area contributed by atoms with Crippen LogP contribution in [0.3, 0.4) is 0 Å². The van der Waals surface area contributed by atoms with E-state index < -0.39 is 17.5 Å². The molecule has 0 saturated heterocycles. The van der Waals surface area contributed by atoms with Crippen molar-refractivity contribution in [3.8, 4) is 0 Å². The van der Waals surface area contributed by atoms with Crippen LogP contribution in [0, 0.1) is 22.7 Å². The Balaban J connectivity index is 2.97. The van der Waals surface area contributed by atoms with Crippen molar-refractivity contribution in [3.05, 3.63) is 0 Å². The quantitative estimate of drug-likeness (QED) is 0.652. The summed E-state index contributed by atoms with van der Waals surface area (Å²) in [5.41, 5.74) is -0.656. The minimum absolute atomic E-state index is 0.0953. The minimum Gasteiger partial charge on any atom is -0.171 e. The van der Waals surface area contributed by atoms with Gasteiger partial charge in [-0.3, -0.25) is 0 Å². The number of hydrogen-bond donors (Lipinski definition) is 0. The van der Waals surface area contributed by atoms with E-state index in [0.29, 0.717) is 0 Å². The number of alkyl halides is 3. The van der Waals surface area contributed by atoms with Gasteiger partial charge in [0.1, 0.15) is 0 Å². The lowest BCUT2D eigenvalue weighted by Gasteiger charge is -2.28. The maximum atomic E-state index is 12.8. The van der Waals surface area contributed by atoms with Crippen LogP contribution in [0.1, 0.15) is 47.5 Å². The first-order chi connectivity index (χ1) is 6.68. The SMILES string of the molecule is CCC1(CC)C(C)C1(C)C(C)C(F)(F)F. The van der Waals surface area contributed by atoms with Gasteiger partial charge in [-0.25, -0.2) is 0 Å². The van der Waals surface area contributed by atoms with Gasteiger partial charge in [-0.1, -0.05) is 34.6 Å². The Kier molecular flexibility index (Phi) is 2.91. The van der Waals surface area contributed by atoms with Crippen molar-refractivity contribution in [1.29, 1.82) is 0 Å². The van der Waals surface area contributed by atoms with E-state index in [1.165, 1.54) is 6.92 Å². The van der Waals surface area contributed by atoms with Crippen molar-refractivity contribution >= 4 is 0 Å². The lowest BCUT2D eigenvalue weighted by atomic mass is 9.80. The summed E-state index contributed by atoms with van der Waals surface area (Å²) in [6.07, 6.45) is -2.36. The van der Waals surface area contributed by atoms with Gasteiger partial charge in [-0.2, -0.15) is 13.2 Å². The van der Waals surface area contributed by atoms with E-state index in [9.17, 15) is 13.2 Å². The maximum Gasteiger partial charge on any atom is 0.392 e. The third kappa shape index (κ3) is 1.42. The average molecular weight is 222 g/mol. The minimum atomic E-state index is -4.06. The monoisotopic (exact) mass is 222 g/mol. The van der Waals surface area contributed by atoms with Crippen molar-refractivity contribution in [1.82, 2.24) is 0 Å². The fraction of sp³-hybridized carbons (Fsp3) is 1.00. The normalized spacial score (nSPS) is 36.4. The molecule has 90 valence electrons. The van der Waals surface area contributed by atoms with Crippen molar-refractivity contribution in [3.63, 3.8) is 0 Å². The van der Waals surface area contributed by atoms with Gasteiger partial charge in [0.2, 0.25) is 0 Å². The zero-order chi connectivity index (χ0) is 12.1. The Morgan fingerprint density at radius 1 is 1.20 bits per heavy atom. The second-order valence-electron chi connectivity index (χ2n) is 5.13. The van der Waals surface area contributed by atoms with Crippen LogP contribution in [0.25, 0.3) is 0 Å². The third-order valence-corrected chi connectivity index (χ3v) is 5.37. The summed E-state index contributed by atoms with van der Waals surface area (Å²) in [4.78, 5) is 0. The molecule has 0 bridgehead atoms. The highest BCUT2D eigenvalue weighted by Crippen LogP contribution is 2.77. The van der Waals surface area contributed by atoms with Crippen LogP contribution >= 0.6 is 0 Å². The molecule has 0 aliphatic heterocycles.